The Morgan fingerprint density at radius 1 is 1.37 bits per heavy atom. The number of pyridine rings is 1. The van der Waals surface area contributed by atoms with Gasteiger partial charge in [-0.3, -0.25) is 4.79 Å². The Kier molecular flexibility index (Phi) is 4.11. The first-order chi connectivity index (χ1) is 9.06. The molecule has 2 heterocycles. The molecule has 0 unspecified atom stereocenters. The number of carboxylic acids is 1. The summed E-state index contributed by atoms with van der Waals surface area (Å²) in [4.78, 5) is 28.6. The van der Waals surface area contributed by atoms with Crippen molar-refractivity contribution in [1.29, 1.82) is 0 Å². The molecule has 0 bridgehead atoms. The summed E-state index contributed by atoms with van der Waals surface area (Å²) in [5.74, 6) is -1.07. The number of anilines is 1. The zero-order chi connectivity index (χ0) is 13.8. The van der Waals surface area contributed by atoms with E-state index in [9.17, 15) is 9.59 Å². The Labute approximate surface area is 111 Å². The molecular formula is C13H17N3O3. The van der Waals surface area contributed by atoms with Crippen molar-refractivity contribution in [2.24, 2.45) is 5.92 Å². The topological polar surface area (TPSA) is 82.5 Å². The minimum absolute atomic E-state index is 0.0158. The lowest BCUT2D eigenvalue weighted by molar-refractivity contribution is -0.121. The van der Waals surface area contributed by atoms with E-state index in [0.29, 0.717) is 5.69 Å². The van der Waals surface area contributed by atoms with Crippen LogP contribution in [0.2, 0.25) is 0 Å². The van der Waals surface area contributed by atoms with Gasteiger partial charge >= 0.3 is 5.97 Å². The van der Waals surface area contributed by atoms with Gasteiger partial charge < -0.3 is 15.3 Å². The van der Waals surface area contributed by atoms with E-state index in [1.54, 1.807) is 6.07 Å². The average molecular weight is 263 g/mol. The number of aromatic carboxylic acids is 1. The summed E-state index contributed by atoms with van der Waals surface area (Å²) in [6, 6.07) is 2.94. The highest BCUT2D eigenvalue weighted by molar-refractivity contribution is 5.93. The fourth-order valence-electron chi connectivity index (χ4n) is 2.11. The number of hydrogen-bond acceptors (Lipinski definition) is 4. The lowest BCUT2D eigenvalue weighted by Crippen LogP contribution is -2.35. The van der Waals surface area contributed by atoms with E-state index in [1.807, 2.05) is 7.05 Å². The summed E-state index contributed by atoms with van der Waals surface area (Å²) in [6.45, 7) is 1.85. The first-order valence-corrected chi connectivity index (χ1v) is 6.25. The molecule has 0 aliphatic carbocycles. The maximum atomic E-state index is 12.0. The van der Waals surface area contributed by atoms with E-state index in [-0.39, 0.29) is 17.5 Å². The van der Waals surface area contributed by atoms with E-state index < -0.39 is 5.97 Å². The summed E-state index contributed by atoms with van der Waals surface area (Å²) in [7, 11) is 2.04. The lowest BCUT2D eigenvalue weighted by atomic mass is 9.96. The van der Waals surface area contributed by atoms with Gasteiger partial charge in [0.15, 0.2) is 0 Å². The Bertz CT molecular complexity index is 465. The van der Waals surface area contributed by atoms with Crippen LogP contribution in [0.25, 0.3) is 0 Å². The molecular weight excluding hydrogens is 246 g/mol. The molecule has 0 radical (unpaired) electrons. The molecule has 1 aromatic rings. The van der Waals surface area contributed by atoms with Gasteiger partial charge in [0.2, 0.25) is 5.91 Å². The third-order valence-corrected chi connectivity index (χ3v) is 3.34. The van der Waals surface area contributed by atoms with Crippen LogP contribution in [0, 0.1) is 5.92 Å². The van der Waals surface area contributed by atoms with E-state index >= 15 is 0 Å². The van der Waals surface area contributed by atoms with Gasteiger partial charge in [-0.15, -0.1) is 0 Å². The van der Waals surface area contributed by atoms with Gasteiger partial charge in [-0.25, -0.2) is 9.78 Å². The number of carboxylic acid groups (broad SMARTS) is 1. The molecule has 2 N–H and O–H groups in total. The van der Waals surface area contributed by atoms with Crippen molar-refractivity contribution < 1.29 is 14.7 Å². The van der Waals surface area contributed by atoms with E-state index in [2.05, 4.69) is 15.2 Å². The maximum Gasteiger partial charge on any atom is 0.354 e. The fraction of sp³-hybridized carbons (Fsp3) is 0.462. The molecule has 1 aliphatic rings. The minimum atomic E-state index is -1.08. The van der Waals surface area contributed by atoms with E-state index in [0.717, 1.165) is 25.9 Å². The van der Waals surface area contributed by atoms with Crippen LogP contribution in [0.15, 0.2) is 18.3 Å². The molecule has 1 aromatic heterocycles. The highest BCUT2D eigenvalue weighted by Gasteiger charge is 2.23. The Balaban J connectivity index is 1.93. The molecule has 0 aromatic carbocycles. The number of hydrogen-bond donors (Lipinski definition) is 2. The van der Waals surface area contributed by atoms with Crippen LogP contribution in [-0.4, -0.2) is 47.0 Å². The normalized spacial score (nSPS) is 17.1. The van der Waals surface area contributed by atoms with Gasteiger partial charge in [0.05, 0.1) is 11.9 Å². The molecule has 6 nitrogen and oxygen atoms in total. The standard InChI is InChI=1S/C13H17N3O3/c1-16-6-4-9(5-7-16)12(17)15-10-2-3-11(13(18)19)14-8-10/h2-3,8-9H,4-7H2,1H3,(H,15,17)(H,18,19). The van der Waals surface area contributed by atoms with Crippen molar-refractivity contribution in [1.82, 2.24) is 9.88 Å². The third kappa shape index (κ3) is 3.51. The predicted molar refractivity (Wildman–Crippen MR) is 70.0 cm³/mol. The zero-order valence-corrected chi connectivity index (χ0v) is 10.8. The Morgan fingerprint density at radius 3 is 2.58 bits per heavy atom. The molecule has 6 heteroatoms. The van der Waals surface area contributed by atoms with Gasteiger partial charge in [-0.2, -0.15) is 0 Å². The summed E-state index contributed by atoms with van der Waals surface area (Å²) in [5, 5.41) is 11.5. The number of rotatable bonds is 3. The number of piperidine rings is 1. The van der Waals surface area contributed by atoms with Gasteiger partial charge in [-0.05, 0) is 45.1 Å². The van der Waals surface area contributed by atoms with Gasteiger partial charge in [0.25, 0.3) is 0 Å². The van der Waals surface area contributed by atoms with Crippen LogP contribution >= 0.6 is 0 Å². The monoisotopic (exact) mass is 263 g/mol. The molecule has 0 atom stereocenters. The zero-order valence-electron chi connectivity index (χ0n) is 10.8. The Hall–Kier alpha value is -1.95. The predicted octanol–water partition coefficient (Wildman–Crippen LogP) is 1.06. The highest BCUT2D eigenvalue weighted by atomic mass is 16.4. The second-order valence-electron chi connectivity index (χ2n) is 4.80. The van der Waals surface area contributed by atoms with Gasteiger partial charge in [0, 0.05) is 5.92 Å². The van der Waals surface area contributed by atoms with E-state index in [1.165, 1.54) is 12.3 Å². The largest absolute Gasteiger partial charge is 0.477 e. The van der Waals surface area contributed by atoms with Crippen LogP contribution in [0.4, 0.5) is 5.69 Å². The fourth-order valence-corrected chi connectivity index (χ4v) is 2.11. The minimum Gasteiger partial charge on any atom is -0.477 e. The van der Waals surface area contributed by atoms with Crippen LogP contribution in [0.3, 0.4) is 0 Å². The van der Waals surface area contributed by atoms with Crippen molar-refractivity contribution in [3.8, 4) is 0 Å². The van der Waals surface area contributed by atoms with Gasteiger partial charge in [-0.1, -0.05) is 0 Å². The Morgan fingerprint density at radius 2 is 2.05 bits per heavy atom. The molecule has 2 rings (SSSR count). The molecule has 0 spiro atoms. The maximum absolute atomic E-state index is 12.0. The molecule has 1 amide bonds. The van der Waals surface area contributed by atoms with Crippen LogP contribution in [0.5, 0.6) is 0 Å². The van der Waals surface area contributed by atoms with Gasteiger partial charge in [0.1, 0.15) is 5.69 Å². The number of carbonyl (C=O) groups excluding carboxylic acids is 1. The number of aromatic nitrogens is 1. The summed E-state index contributed by atoms with van der Waals surface area (Å²) in [5.41, 5.74) is 0.506. The van der Waals surface area contributed by atoms with Crippen molar-refractivity contribution in [3.63, 3.8) is 0 Å². The SMILES string of the molecule is CN1CCC(C(=O)Nc2ccc(C(=O)O)nc2)CC1. The number of nitrogens with zero attached hydrogens (tertiary/aromatic N) is 2. The smallest absolute Gasteiger partial charge is 0.354 e. The quantitative estimate of drug-likeness (QED) is 0.852. The first-order valence-electron chi connectivity index (χ1n) is 6.25. The van der Waals surface area contributed by atoms with Crippen molar-refractivity contribution in [2.45, 2.75) is 12.8 Å². The molecule has 0 saturated carbocycles. The van der Waals surface area contributed by atoms with Crippen LogP contribution in [0.1, 0.15) is 23.3 Å². The summed E-state index contributed by atoms with van der Waals surface area (Å²) in [6.07, 6.45) is 3.07. The van der Waals surface area contributed by atoms with Crippen molar-refractivity contribution >= 4 is 17.6 Å². The van der Waals surface area contributed by atoms with Crippen molar-refractivity contribution in [3.05, 3.63) is 24.0 Å². The molecule has 1 fully saturated rings. The second-order valence-corrected chi connectivity index (χ2v) is 4.80. The van der Waals surface area contributed by atoms with Crippen LogP contribution in [-0.2, 0) is 4.79 Å². The molecule has 1 saturated heterocycles. The average Bonchev–Trinajstić information content (AvgIpc) is 2.40. The number of likely N-dealkylation sites (tertiary alicyclic amines) is 1. The lowest BCUT2D eigenvalue weighted by Gasteiger charge is -2.27. The van der Waals surface area contributed by atoms with Crippen molar-refractivity contribution in [2.75, 3.05) is 25.5 Å². The third-order valence-electron chi connectivity index (χ3n) is 3.34. The van der Waals surface area contributed by atoms with E-state index in [4.69, 9.17) is 5.11 Å². The molecule has 102 valence electrons. The summed E-state index contributed by atoms with van der Waals surface area (Å²) < 4.78 is 0. The summed E-state index contributed by atoms with van der Waals surface area (Å²) >= 11 is 0. The van der Waals surface area contributed by atoms with Crippen LogP contribution < -0.4 is 5.32 Å². The second kappa shape index (κ2) is 5.79. The number of carbonyl (C=O) groups is 2. The number of amides is 1. The molecule has 19 heavy (non-hydrogen) atoms. The number of nitrogens with one attached hydrogen (secondary N) is 1. The first kappa shape index (κ1) is 13.5. The molecule has 1 aliphatic heterocycles. The highest BCUT2D eigenvalue weighted by Crippen LogP contribution is 2.18.